The second-order valence-corrected chi connectivity index (χ2v) is 4.76. The van der Waals surface area contributed by atoms with Crippen molar-refractivity contribution in [1.82, 2.24) is 4.98 Å². The number of nitrogens with two attached hydrogens (primary N) is 1. The van der Waals surface area contributed by atoms with Crippen LogP contribution in [0.1, 0.15) is 11.3 Å². The molecule has 2 N–H and O–H groups in total. The molecule has 2 aromatic carbocycles. The topological polar surface area (TPSA) is 48.1 Å². The van der Waals surface area contributed by atoms with E-state index in [0.717, 1.165) is 33.6 Å². The third-order valence-electron chi connectivity index (χ3n) is 3.33. The molecule has 1 aromatic heterocycles. The lowest BCUT2D eigenvalue weighted by Crippen LogP contribution is -1.91. The molecule has 1 heterocycles. The zero-order valence-corrected chi connectivity index (χ0v) is 11.8. The molecule has 21 heavy (non-hydrogen) atoms. The van der Waals surface area contributed by atoms with Gasteiger partial charge >= 0.3 is 0 Å². The zero-order valence-electron chi connectivity index (χ0n) is 11.8. The van der Waals surface area contributed by atoms with Crippen LogP contribution < -0.4 is 10.5 Å². The fourth-order valence-corrected chi connectivity index (χ4v) is 2.21. The predicted molar refractivity (Wildman–Crippen MR) is 88.1 cm³/mol. The highest BCUT2D eigenvalue weighted by Gasteiger charge is 2.00. The molecule has 0 saturated heterocycles. The van der Waals surface area contributed by atoms with Gasteiger partial charge in [0.25, 0.3) is 0 Å². The highest BCUT2D eigenvalue weighted by atomic mass is 16.5. The van der Waals surface area contributed by atoms with E-state index in [9.17, 15) is 0 Å². The summed E-state index contributed by atoms with van der Waals surface area (Å²) in [6.45, 7) is 0. The highest BCUT2D eigenvalue weighted by molar-refractivity contribution is 5.91. The van der Waals surface area contributed by atoms with Gasteiger partial charge in [0.15, 0.2) is 0 Å². The molecular formula is C18H16N2O. The summed E-state index contributed by atoms with van der Waals surface area (Å²) in [5.74, 6) is 0.847. The van der Waals surface area contributed by atoms with Crippen LogP contribution in [0.3, 0.4) is 0 Å². The summed E-state index contributed by atoms with van der Waals surface area (Å²) in [6.07, 6.45) is 3.97. The third kappa shape index (κ3) is 2.87. The Balaban J connectivity index is 1.91. The molecule has 0 unspecified atom stereocenters. The van der Waals surface area contributed by atoms with Crippen LogP contribution >= 0.6 is 0 Å². The third-order valence-corrected chi connectivity index (χ3v) is 3.33. The number of pyridine rings is 1. The van der Waals surface area contributed by atoms with Crippen molar-refractivity contribution in [2.75, 3.05) is 12.8 Å². The maximum absolute atomic E-state index is 6.07. The van der Waals surface area contributed by atoms with E-state index in [-0.39, 0.29) is 0 Å². The molecule has 3 rings (SSSR count). The van der Waals surface area contributed by atoms with E-state index in [1.54, 1.807) is 7.11 Å². The number of nitrogen functional groups attached to an aromatic ring is 1. The van der Waals surface area contributed by atoms with E-state index in [4.69, 9.17) is 10.5 Å². The smallest absolute Gasteiger partial charge is 0.118 e. The molecule has 3 aromatic rings. The second-order valence-electron chi connectivity index (χ2n) is 4.76. The van der Waals surface area contributed by atoms with Crippen LogP contribution in [0.4, 0.5) is 5.69 Å². The lowest BCUT2D eigenvalue weighted by Gasteiger charge is -2.03. The van der Waals surface area contributed by atoms with Gasteiger partial charge in [0.2, 0.25) is 0 Å². The first-order valence-electron chi connectivity index (χ1n) is 6.74. The Morgan fingerprint density at radius 1 is 1.00 bits per heavy atom. The quantitative estimate of drug-likeness (QED) is 0.786. The predicted octanol–water partition coefficient (Wildman–Crippen LogP) is 4.00. The first-order valence-corrected chi connectivity index (χ1v) is 6.74. The number of hydrogen-bond donors (Lipinski definition) is 1. The van der Waals surface area contributed by atoms with Gasteiger partial charge in [-0.05, 0) is 35.9 Å². The summed E-state index contributed by atoms with van der Waals surface area (Å²) in [7, 11) is 1.66. The Labute approximate surface area is 123 Å². The van der Waals surface area contributed by atoms with E-state index in [1.165, 1.54) is 0 Å². The maximum atomic E-state index is 6.07. The second kappa shape index (κ2) is 5.67. The van der Waals surface area contributed by atoms with Gasteiger partial charge in [-0.1, -0.05) is 36.4 Å². The number of fused-ring (bicyclic) bond motifs is 1. The normalized spacial score (nSPS) is 11.1. The van der Waals surface area contributed by atoms with Gasteiger partial charge in [-0.2, -0.15) is 0 Å². The minimum atomic E-state index is 0.745. The van der Waals surface area contributed by atoms with E-state index < -0.39 is 0 Å². The number of methoxy groups -OCH3 is 1. The minimum absolute atomic E-state index is 0.745. The Morgan fingerprint density at radius 3 is 2.52 bits per heavy atom. The number of hydrogen-bond acceptors (Lipinski definition) is 3. The van der Waals surface area contributed by atoms with Crippen molar-refractivity contribution >= 4 is 28.7 Å². The fraction of sp³-hybridized carbons (Fsp3) is 0.0556. The van der Waals surface area contributed by atoms with Gasteiger partial charge in [0.05, 0.1) is 18.3 Å². The van der Waals surface area contributed by atoms with E-state index in [2.05, 4.69) is 4.98 Å². The summed E-state index contributed by atoms with van der Waals surface area (Å²) in [4.78, 5) is 4.59. The lowest BCUT2D eigenvalue weighted by atomic mass is 10.1. The van der Waals surface area contributed by atoms with Gasteiger partial charge in [-0.15, -0.1) is 0 Å². The molecule has 0 bridgehead atoms. The average Bonchev–Trinajstić information content (AvgIpc) is 2.53. The van der Waals surface area contributed by atoms with Crippen LogP contribution in [0.15, 0.2) is 54.6 Å². The van der Waals surface area contributed by atoms with Crippen molar-refractivity contribution in [3.05, 3.63) is 65.9 Å². The molecule has 0 saturated carbocycles. The van der Waals surface area contributed by atoms with Crippen LogP contribution in [0, 0.1) is 0 Å². The van der Waals surface area contributed by atoms with E-state index >= 15 is 0 Å². The van der Waals surface area contributed by atoms with Gasteiger partial charge < -0.3 is 10.5 Å². The van der Waals surface area contributed by atoms with Crippen LogP contribution in [0.25, 0.3) is 23.1 Å². The largest absolute Gasteiger partial charge is 0.497 e. The van der Waals surface area contributed by atoms with Crippen molar-refractivity contribution < 1.29 is 4.74 Å². The molecule has 0 amide bonds. The summed E-state index contributed by atoms with van der Waals surface area (Å²) in [5.41, 5.74) is 9.66. The number of ether oxygens (including phenoxy) is 1. The lowest BCUT2D eigenvalue weighted by molar-refractivity contribution is 0.415. The zero-order chi connectivity index (χ0) is 14.7. The van der Waals surface area contributed by atoms with Crippen molar-refractivity contribution in [1.29, 1.82) is 0 Å². The number of para-hydroxylation sites is 1. The average molecular weight is 276 g/mol. The Bertz CT molecular complexity index is 792. The van der Waals surface area contributed by atoms with Crippen molar-refractivity contribution in [2.45, 2.75) is 0 Å². The first kappa shape index (κ1) is 13.2. The van der Waals surface area contributed by atoms with Gasteiger partial charge in [-0.3, -0.25) is 0 Å². The monoisotopic (exact) mass is 276 g/mol. The molecule has 104 valence electrons. The summed E-state index contributed by atoms with van der Waals surface area (Å²) < 4.78 is 5.14. The SMILES string of the molecule is COc1ccc(/C=C/c2cc(N)c3ccccc3n2)cc1. The Hall–Kier alpha value is -2.81. The van der Waals surface area contributed by atoms with Crippen LogP contribution in [-0.2, 0) is 0 Å². The molecule has 0 radical (unpaired) electrons. The van der Waals surface area contributed by atoms with Crippen molar-refractivity contribution in [3.63, 3.8) is 0 Å². The molecule has 3 nitrogen and oxygen atoms in total. The minimum Gasteiger partial charge on any atom is -0.497 e. The Kier molecular flexibility index (Phi) is 3.56. The molecule has 0 spiro atoms. The van der Waals surface area contributed by atoms with E-state index in [0.29, 0.717) is 0 Å². The molecule has 0 atom stereocenters. The van der Waals surface area contributed by atoms with Gasteiger partial charge in [0.1, 0.15) is 5.75 Å². The van der Waals surface area contributed by atoms with E-state index in [1.807, 2.05) is 66.7 Å². The molecular weight excluding hydrogens is 260 g/mol. The summed E-state index contributed by atoms with van der Waals surface area (Å²) >= 11 is 0. The van der Waals surface area contributed by atoms with Gasteiger partial charge in [0, 0.05) is 11.1 Å². The van der Waals surface area contributed by atoms with Crippen molar-refractivity contribution in [2.24, 2.45) is 0 Å². The highest BCUT2D eigenvalue weighted by Crippen LogP contribution is 2.21. The molecule has 0 fully saturated rings. The van der Waals surface area contributed by atoms with Crippen LogP contribution in [0.2, 0.25) is 0 Å². The van der Waals surface area contributed by atoms with Gasteiger partial charge in [-0.25, -0.2) is 4.98 Å². The standard InChI is InChI=1S/C18H16N2O/c1-21-15-10-7-13(8-11-15)6-9-14-12-17(19)16-4-2-3-5-18(16)20-14/h2-12H,1H3,(H2,19,20)/b9-6+. The number of benzene rings is 2. The summed E-state index contributed by atoms with van der Waals surface area (Å²) in [5, 5.41) is 0.985. The fourth-order valence-electron chi connectivity index (χ4n) is 2.21. The number of nitrogens with zero attached hydrogens (tertiary/aromatic N) is 1. The van der Waals surface area contributed by atoms with Crippen LogP contribution in [-0.4, -0.2) is 12.1 Å². The first-order chi connectivity index (χ1) is 10.3. The molecule has 3 heteroatoms. The number of rotatable bonds is 3. The Morgan fingerprint density at radius 2 is 1.76 bits per heavy atom. The number of aromatic nitrogens is 1. The maximum Gasteiger partial charge on any atom is 0.118 e. The number of anilines is 1. The summed E-state index contributed by atoms with van der Waals surface area (Å²) in [6, 6.07) is 17.6. The molecule has 0 aliphatic rings. The van der Waals surface area contributed by atoms with Crippen LogP contribution in [0.5, 0.6) is 5.75 Å². The van der Waals surface area contributed by atoms with Crippen molar-refractivity contribution in [3.8, 4) is 5.75 Å². The molecule has 0 aliphatic heterocycles. The molecule has 0 aliphatic carbocycles.